The Morgan fingerprint density at radius 1 is 1.32 bits per heavy atom. The van der Waals surface area contributed by atoms with Gasteiger partial charge in [0, 0.05) is 13.6 Å². The van der Waals surface area contributed by atoms with Crippen LogP contribution in [0.1, 0.15) is 11.4 Å². The van der Waals surface area contributed by atoms with Crippen molar-refractivity contribution in [3.8, 4) is 0 Å². The van der Waals surface area contributed by atoms with Crippen LogP contribution in [-0.4, -0.2) is 41.1 Å². The molecule has 0 aliphatic heterocycles. The Morgan fingerprint density at radius 3 is 2.55 bits per heavy atom. The van der Waals surface area contributed by atoms with Gasteiger partial charge in [-0.15, -0.1) is 5.10 Å². The van der Waals surface area contributed by atoms with Gasteiger partial charge in [0.25, 0.3) is 0 Å². The van der Waals surface area contributed by atoms with Crippen LogP contribution in [0.25, 0.3) is 0 Å². The first-order valence-electron chi connectivity index (χ1n) is 6.46. The lowest BCUT2D eigenvalue weighted by Crippen LogP contribution is -2.28. The van der Waals surface area contributed by atoms with Crippen molar-refractivity contribution < 1.29 is 13.2 Å². The van der Waals surface area contributed by atoms with Gasteiger partial charge in [0.05, 0.1) is 11.3 Å². The minimum absolute atomic E-state index is 0.0649. The van der Waals surface area contributed by atoms with Crippen molar-refractivity contribution in [3.05, 3.63) is 35.7 Å². The van der Waals surface area contributed by atoms with Gasteiger partial charge in [-0.25, -0.2) is 18.2 Å². The number of tetrazole rings is 1. The number of hydrogen-bond donors (Lipinski definition) is 2. The van der Waals surface area contributed by atoms with Crippen LogP contribution < -0.4 is 10.5 Å². The summed E-state index contributed by atoms with van der Waals surface area (Å²) in [6.07, 6.45) is 0.682. The third-order valence-corrected chi connectivity index (χ3v) is 3.94. The molecular formula is C12H16N6O3S. The number of primary sulfonamides is 1. The highest BCUT2D eigenvalue weighted by atomic mass is 32.2. The van der Waals surface area contributed by atoms with Gasteiger partial charge >= 0.3 is 0 Å². The summed E-state index contributed by atoms with van der Waals surface area (Å²) in [5, 5.41) is 18.6. The number of nitrogens with one attached hydrogen (secondary N) is 1. The van der Waals surface area contributed by atoms with Crippen LogP contribution in [0.3, 0.4) is 0 Å². The number of carbonyl (C=O) groups is 1. The fraction of sp³-hybridized carbons (Fsp3) is 0.333. The first kappa shape index (κ1) is 16.0. The van der Waals surface area contributed by atoms with Crippen molar-refractivity contribution in [3.63, 3.8) is 0 Å². The molecule has 0 unspecified atom stereocenters. The van der Waals surface area contributed by atoms with Gasteiger partial charge in [0.1, 0.15) is 0 Å². The molecule has 9 nitrogen and oxygen atoms in total. The van der Waals surface area contributed by atoms with Gasteiger partial charge in [-0.2, -0.15) is 0 Å². The molecule has 0 aliphatic rings. The number of nitrogens with zero attached hydrogens (tertiary/aromatic N) is 4. The zero-order valence-electron chi connectivity index (χ0n) is 11.9. The highest BCUT2D eigenvalue weighted by Crippen LogP contribution is 2.08. The fourth-order valence-electron chi connectivity index (χ4n) is 1.80. The lowest BCUT2D eigenvalue weighted by molar-refractivity contribution is -0.120. The van der Waals surface area contributed by atoms with E-state index < -0.39 is 10.0 Å². The molecule has 1 aromatic heterocycles. The molecule has 0 saturated carbocycles. The molecule has 2 rings (SSSR count). The summed E-state index contributed by atoms with van der Waals surface area (Å²) in [5.41, 5.74) is 0.896. The van der Waals surface area contributed by atoms with Crippen LogP contribution in [0, 0.1) is 0 Å². The van der Waals surface area contributed by atoms with E-state index in [9.17, 15) is 13.2 Å². The molecule has 0 spiro atoms. The molecule has 10 heteroatoms. The van der Waals surface area contributed by atoms with Crippen molar-refractivity contribution in [2.24, 2.45) is 12.2 Å². The Hall–Kier alpha value is -2.33. The van der Waals surface area contributed by atoms with Crippen LogP contribution in [0.15, 0.2) is 29.2 Å². The Bertz CT molecular complexity index is 753. The Balaban J connectivity index is 1.81. The van der Waals surface area contributed by atoms with Crippen LogP contribution in [0.5, 0.6) is 0 Å². The number of hydrogen-bond acceptors (Lipinski definition) is 6. The molecule has 0 aliphatic carbocycles. The van der Waals surface area contributed by atoms with Gasteiger partial charge < -0.3 is 5.32 Å². The first-order chi connectivity index (χ1) is 10.4. The zero-order chi connectivity index (χ0) is 16.2. The molecule has 0 atom stereocenters. The third-order valence-electron chi connectivity index (χ3n) is 3.01. The maximum atomic E-state index is 11.7. The molecule has 0 radical (unpaired) electrons. The number of rotatable bonds is 6. The van der Waals surface area contributed by atoms with Crippen LogP contribution in [0.4, 0.5) is 0 Å². The largest absolute Gasteiger partial charge is 0.355 e. The molecule has 3 N–H and O–H groups in total. The number of sulfonamides is 1. The van der Waals surface area contributed by atoms with Gasteiger partial charge in [0.2, 0.25) is 15.9 Å². The van der Waals surface area contributed by atoms with Gasteiger partial charge in [-0.1, -0.05) is 12.1 Å². The number of aryl methyl sites for hydroxylation is 1. The number of carbonyl (C=O) groups excluding carboxylic acids is 1. The average Bonchev–Trinajstić information content (AvgIpc) is 2.84. The second kappa shape index (κ2) is 6.62. The maximum absolute atomic E-state index is 11.7. The second-order valence-electron chi connectivity index (χ2n) is 4.68. The van der Waals surface area contributed by atoms with E-state index in [2.05, 4.69) is 20.8 Å². The van der Waals surface area contributed by atoms with Crippen LogP contribution in [-0.2, 0) is 34.7 Å². The highest BCUT2D eigenvalue weighted by Gasteiger charge is 2.09. The van der Waals surface area contributed by atoms with E-state index in [-0.39, 0.29) is 17.2 Å². The fourth-order valence-corrected chi connectivity index (χ4v) is 2.31. The lowest BCUT2D eigenvalue weighted by atomic mass is 10.1. The lowest BCUT2D eigenvalue weighted by Gasteiger charge is -2.05. The minimum Gasteiger partial charge on any atom is -0.355 e. The van der Waals surface area contributed by atoms with E-state index in [1.807, 2.05) is 0 Å². The normalized spacial score (nSPS) is 11.4. The van der Waals surface area contributed by atoms with E-state index in [4.69, 9.17) is 5.14 Å². The summed E-state index contributed by atoms with van der Waals surface area (Å²) >= 11 is 0. The molecular weight excluding hydrogens is 308 g/mol. The molecule has 22 heavy (non-hydrogen) atoms. The van der Waals surface area contributed by atoms with E-state index in [0.29, 0.717) is 18.8 Å². The maximum Gasteiger partial charge on any atom is 0.238 e. The SMILES string of the molecule is Cn1nnnc1CC(=O)NCCc1ccc(S(N)(=O)=O)cc1. The molecule has 1 amide bonds. The van der Waals surface area contributed by atoms with E-state index in [0.717, 1.165) is 5.56 Å². The predicted octanol–water partition coefficient (Wildman–Crippen LogP) is -1.24. The van der Waals surface area contributed by atoms with Crippen LogP contribution in [0.2, 0.25) is 0 Å². The van der Waals surface area contributed by atoms with Crippen molar-refractivity contribution in [1.29, 1.82) is 0 Å². The summed E-state index contributed by atoms with van der Waals surface area (Å²) in [5.74, 6) is 0.300. The van der Waals surface area contributed by atoms with Crippen molar-refractivity contribution >= 4 is 15.9 Å². The number of nitrogens with two attached hydrogens (primary N) is 1. The van der Waals surface area contributed by atoms with Gasteiger partial charge in [0.15, 0.2) is 5.82 Å². The van der Waals surface area contributed by atoms with Crippen molar-refractivity contribution in [2.75, 3.05) is 6.54 Å². The van der Waals surface area contributed by atoms with Crippen molar-refractivity contribution in [1.82, 2.24) is 25.5 Å². The predicted molar refractivity (Wildman–Crippen MR) is 77.0 cm³/mol. The molecule has 1 heterocycles. The standard InChI is InChI=1S/C12H16N6O3S/c1-18-11(15-16-17-18)8-12(19)14-7-6-9-2-4-10(5-3-9)22(13,20)21/h2-5H,6-8H2,1H3,(H,14,19)(H2,13,20,21). The third kappa shape index (κ3) is 4.33. The molecule has 2 aromatic rings. The molecule has 1 aromatic carbocycles. The minimum atomic E-state index is -3.68. The topological polar surface area (TPSA) is 133 Å². The Labute approximate surface area is 127 Å². The first-order valence-corrected chi connectivity index (χ1v) is 8.00. The monoisotopic (exact) mass is 324 g/mol. The highest BCUT2D eigenvalue weighted by molar-refractivity contribution is 7.89. The molecule has 118 valence electrons. The summed E-state index contributed by atoms with van der Waals surface area (Å²) < 4.78 is 23.7. The smallest absolute Gasteiger partial charge is 0.238 e. The Morgan fingerprint density at radius 2 is 2.00 bits per heavy atom. The summed E-state index contributed by atoms with van der Waals surface area (Å²) in [6.45, 7) is 0.429. The summed E-state index contributed by atoms with van der Waals surface area (Å²) in [6, 6.07) is 6.21. The average molecular weight is 324 g/mol. The van der Waals surface area contributed by atoms with E-state index >= 15 is 0 Å². The van der Waals surface area contributed by atoms with Gasteiger partial charge in [-0.05, 0) is 34.5 Å². The Kier molecular flexibility index (Phi) is 4.83. The number of aromatic nitrogens is 4. The van der Waals surface area contributed by atoms with Gasteiger partial charge in [-0.3, -0.25) is 4.79 Å². The number of benzene rings is 1. The zero-order valence-corrected chi connectivity index (χ0v) is 12.7. The second-order valence-corrected chi connectivity index (χ2v) is 6.25. The van der Waals surface area contributed by atoms with E-state index in [1.165, 1.54) is 16.8 Å². The summed E-state index contributed by atoms with van der Waals surface area (Å²) in [7, 11) is -2.02. The summed E-state index contributed by atoms with van der Waals surface area (Å²) in [4.78, 5) is 11.8. The van der Waals surface area contributed by atoms with Crippen LogP contribution >= 0.6 is 0 Å². The molecule has 0 fully saturated rings. The van der Waals surface area contributed by atoms with Crippen molar-refractivity contribution in [2.45, 2.75) is 17.7 Å². The molecule has 0 bridgehead atoms. The quantitative estimate of drug-likeness (QED) is 0.683. The molecule has 0 saturated heterocycles. The van der Waals surface area contributed by atoms with E-state index in [1.54, 1.807) is 19.2 Å². The number of amides is 1.